The van der Waals surface area contributed by atoms with Crippen molar-refractivity contribution in [1.82, 2.24) is 10.2 Å². The molecule has 5 nitrogen and oxygen atoms in total. The van der Waals surface area contributed by atoms with Crippen molar-refractivity contribution in [3.05, 3.63) is 57.8 Å². The number of carbonyl (C=O) groups excluding carboxylic acids is 2. The van der Waals surface area contributed by atoms with Crippen molar-refractivity contribution in [2.24, 2.45) is 5.92 Å². The molecule has 0 radical (unpaired) electrons. The zero-order valence-electron chi connectivity index (χ0n) is 15.8. The normalized spacial score (nSPS) is 19.3. The molecule has 144 valence electrons. The fourth-order valence-electron chi connectivity index (χ4n) is 3.50. The molecular formula is C21H26N2O3S. The van der Waals surface area contributed by atoms with Gasteiger partial charge in [0.1, 0.15) is 0 Å². The van der Waals surface area contributed by atoms with E-state index in [1.807, 2.05) is 29.3 Å². The van der Waals surface area contributed by atoms with Crippen molar-refractivity contribution in [2.75, 3.05) is 33.4 Å². The van der Waals surface area contributed by atoms with Gasteiger partial charge in [-0.3, -0.25) is 9.59 Å². The molecule has 0 aliphatic carbocycles. The highest BCUT2D eigenvalue weighted by atomic mass is 32.1. The Morgan fingerprint density at radius 3 is 2.67 bits per heavy atom. The van der Waals surface area contributed by atoms with E-state index in [0.29, 0.717) is 26.2 Å². The molecule has 2 aromatic rings. The van der Waals surface area contributed by atoms with Crippen LogP contribution in [0.4, 0.5) is 0 Å². The van der Waals surface area contributed by atoms with E-state index in [1.165, 1.54) is 16.9 Å². The number of hydrogen-bond acceptors (Lipinski definition) is 4. The zero-order chi connectivity index (χ0) is 19.2. The topological polar surface area (TPSA) is 58.6 Å². The number of likely N-dealkylation sites (tertiary alicyclic amines) is 1. The molecule has 6 heteroatoms. The summed E-state index contributed by atoms with van der Waals surface area (Å²) in [4.78, 5) is 28.2. The fourth-order valence-corrected chi connectivity index (χ4v) is 4.19. The Labute approximate surface area is 164 Å². The molecule has 27 heavy (non-hydrogen) atoms. The van der Waals surface area contributed by atoms with Crippen LogP contribution in [0.5, 0.6) is 0 Å². The minimum atomic E-state index is -0.237. The number of methoxy groups -OCH3 is 1. The Bertz CT molecular complexity index is 758. The minimum absolute atomic E-state index is 0.0109. The summed E-state index contributed by atoms with van der Waals surface area (Å²) in [5, 5.41) is 4.91. The maximum absolute atomic E-state index is 12.8. The number of thiophene rings is 1. The number of carbonyl (C=O) groups is 2. The molecule has 1 fully saturated rings. The molecular weight excluding hydrogens is 360 g/mol. The van der Waals surface area contributed by atoms with Crippen LogP contribution in [0.2, 0.25) is 0 Å². The molecule has 3 rings (SSSR count). The molecule has 0 bridgehead atoms. The number of ether oxygens (including phenoxy) is 1. The molecule has 2 atom stereocenters. The second-order valence-electron chi connectivity index (χ2n) is 6.95. The van der Waals surface area contributed by atoms with Crippen molar-refractivity contribution >= 4 is 23.2 Å². The summed E-state index contributed by atoms with van der Waals surface area (Å²) in [5.74, 6) is -0.203. The molecule has 1 aromatic heterocycles. The third-order valence-corrected chi connectivity index (χ3v) is 5.86. The monoisotopic (exact) mass is 386 g/mol. The number of aryl methyl sites for hydroxylation is 1. The summed E-state index contributed by atoms with van der Waals surface area (Å²) in [5.41, 5.74) is 2.29. The first kappa shape index (κ1) is 19.6. The lowest BCUT2D eigenvalue weighted by molar-refractivity contribution is -0.124. The number of nitrogens with zero attached hydrogens (tertiary/aromatic N) is 1. The first-order valence-electron chi connectivity index (χ1n) is 9.26. The second-order valence-corrected chi connectivity index (χ2v) is 7.90. The summed E-state index contributed by atoms with van der Waals surface area (Å²) >= 11 is 1.44. The predicted molar refractivity (Wildman–Crippen MR) is 107 cm³/mol. The standard InChI is InChI=1S/C21H26N2O3S/c1-15-6-8-16(9-7-15)17-13-23(21(25)19-5-3-12-27-19)14-18(17)20(24)22-10-4-11-26-2/h3,5-9,12,17-18H,4,10-11,13-14H2,1-2H3,(H,22,24)/t17-,18+/m1/s1. The lowest BCUT2D eigenvalue weighted by atomic mass is 9.88. The van der Waals surface area contributed by atoms with Gasteiger partial charge in [-0.15, -0.1) is 11.3 Å². The summed E-state index contributed by atoms with van der Waals surface area (Å²) in [7, 11) is 1.65. The van der Waals surface area contributed by atoms with Crippen molar-refractivity contribution in [3.63, 3.8) is 0 Å². The third kappa shape index (κ3) is 4.76. The van der Waals surface area contributed by atoms with Crippen LogP contribution in [0.3, 0.4) is 0 Å². The third-order valence-electron chi connectivity index (χ3n) is 5.01. The SMILES string of the molecule is COCCCNC(=O)[C@H]1CN(C(=O)c2cccs2)C[C@@H]1c1ccc(C)cc1. The van der Waals surface area contributed by atoms with Gasteiger partial charge in [-0.05, 0) is 30.4 Å². The summed E-state index contributed by atoms with van der Waals surface area (Å²) in [6.07, 6.45) is 0.780. The zero-order valence-corrected chi connectivity index (χ0v) is 16.6. The van der Waals surface area contributed by atoms with Crippen LogP contribution >= 0.6 is 11.3 Å². The summed E-state index contributed by atoms with van der Waals surface area (Å²) in [6, 6.07) is 12.0. The average Bonchev–Trinajstić information content (AvgIpc) is 3.35. The van der Waals surface area contributed by atoms with E-state index < -0.39 is 0 Å². The first-order chi connectivity index (χ1) is 13.1. The molecule has 1 aliphatic heterocycles. The van der Waals surface area contributed by atoms with Crippen molar-refractivity contribution in [2.45, 2.75) is 19.3 Å². The molecule has 2 heterocycles. The maximum atomic E-state index is 12.8. The van der Waals surface area contributed by atoms with Gasteiger partial charge in [0.25, 0.3) is 5.91 Å². The lowest BCUT2D eigenvalue weighted by Gasteiger charge is -2.18. The van der Waals surface area contributed by atoms with Crippen molar-refractivity contribution in [1.29, 1.82) is 0 Å². The summed E-state index contributed by atoms with van der Waals surface area (Å²) < 4.78 is 5.04. The number of nitrogens with one attached hydrogen (secondary N) is 1. The molecule has 1 N–H and O–H groups in total. The van der Waals surface area contributed by atoms with E-state index in [2.05, 4.69) is 29.6 Å². The number of benzene rings is 1. The molecule has 0 unspecified atom stereocenters. The quantitative estimate of drug-likeness (QED) is 0.744. The lowest BCUT2D eigenvalue weighted by Crippen LogP contribution is -2.36. The van der Waals surface area contributed by atoms with Gasteiger partial charge < -0.3 is 15.0 Å². The Morgan fingerprint density at radius 1 is 1.22 bits per heavy atom. The largest absolute Gasteiger partial charge is 0.385 e. The van der Waals surface area contributed by atoms with E-state index in [9.17, 15) is 9.59 Å². The molecule has 1 aliphatic rings. The van der Waals surface area contributed by atoms with Crippen LogP contribution < -0.4 is 5.32 Å². The Morgan fingerprint density at radius 2 is 2.00 bits per heavy atom. The van der Waals surface area contributed by atoms with Gasteiger partial charge in [0.15, 0.2) is 0 Å². The highest BCUT2D eigenvalue weighted by Crippen LogP contribution is 2.34. The van der Waals surface area contributed by atoms with E-state index in [4.69, 9.17) is 4.74 Å². The minimum Gasteiger partial charge on any atom is -0.385 e. The van der Waals surface area contributed by atoms with Gasteiger partial charge in [0.2, 0.25) is 5.91 Å². The number of hydrogen-bond donors (Lipinski definition) is 1. The smallest absolute Gasteiger partial charge is 0.263 e. The van der Waals surface area contributed by atoms with Gasteiger partial charge in [0, 0.05) is 39.3 Å². The van der Waals surface area contributed by atoms with Gasteiger partial charge in [-0.1, -0.05) is 35.9 Å². The number of rotatable bonds is 7. The van der Waals surface area contributed by atoms with Gasteiger partial charge in [-0.2, -0.15) is 0 Å². The first-order valence-corrected chi connectivity index (χ1v) is 10.1. The molecule has 2 amide bonds. The molecule has 1 aromatic carbocycles. The second kappa shape index (κ2) is 9.15. The van der Waals surface area contributed by atoms with Crippen LogP contribution in [0.1, 0.15) is 33.1 Å². The van der Waals surface area contributed by atoms with Gasteiger partial charge in [-0.25, -0.2) is 0 Å². The Kier molecular flexibility index (Phi) is 6.63. The van der Waals surface area contributed by atoms with Crippen LogP contribution in [-0.4, -0.2) is 50.1 Å². The van der Waals surface area contributed by atoms with Gasteiger partial charge in [0.05, 0.1) is 10.8 Å². The van der Waals surface area contributed by atoms with Crippen LogP contribution in [0, 0.1) is 12.8 Å². The van der Waals surface area contributed by atoms with E-state index >= 15 is 0 Å². The van der Waals surface area contributed by atoms with E-state index in [0.717, 1.165) is 16.9 Å². The van der Waals surface area contributed by atoms with Crippen LogP contribution in [-0.2, 0) is 9.53 Å². The Balaban J connectivity index is 1.75. The molecule has 0 spiro atoms. The highest BCUT2D eigenvalue weighted by molar-refractivity contribution is 7.12. The average molecular weight is 387 g/mol. The Hall–Kier alpha value is -2.18. The number of amides is 2. The summed E-state index contributed by atoms with van der Waals surface area (Å²) in [6.45, 7) is 4.27. The fraction of sp³-hybridized carbons (Fsp3) is 0.429. The van der Waals surface area contributed by atoms with E-state index in [1.54, 1.807) is 7.11 Å². The van der Waals surface area contributed by atoms with E-state index in [-0.39, 0.29) is 23.7 Å². The van der Waals surface area contributed by atoms with Crippen molar-refractivity contribution < 1.29 is 14.3 Å². The maximum Gasteiger partial charge on any atom is 0.263 e. The highest BCUT2D eigenvalue weighted by Gasteiger charge is 2.40. The van der Waals surface area contributed by atoms with Crippen LogP contribution in [0.15, 0.2) is 41.8 Å². The molecule has 0 saturated carbocycles. The molecule has 1 saturated heterocycles. The predicted octanol–water partition coefficient (Wildman–Crippen LogP) is 3.07. The van der Waals surface area contributed by atoms with Crippen LogP contribution in [0.25, 0.3) is 0 Å². The van der Waals surface area contributed by atoms with Gasteiger partial charge >= 0.3 is 0 Å². The van der Waals surface area contributed by atoms with Crippen molar-refractivity contribution in [3.8, 4) is 0 Å².